The predicted octanol–water partition coefficient (Wildman–Crippen LogP) is 4.24. The van der Waals surface area contributed by atoms with Gasteiger partial charge in [-0.25, -0.2) is 0 Å². The summed E-state index contributed by atoms with van der Waals surface area (Å²) in [6.45, 7) is 9.75. The zero-order valence-electron chi connectivity index (χ0n) is 13.4. The molecule has 2 N–H and O–H groups in total. The van der Waals surface area contributed by atoms with Gasteiger partial charge in [-0.05, 0) is 54.2 Å². The highest BCUT2D eigenvalue weighted by atomic mass is 16.2. The van der Waals surface area contributed by atoms with Crippen LogP contribution in [0.4, 0.5) is 5.69 Å². The molecule has 1 aromatic carbocycles. The fourth-order valence-corrected chi connectivity index (χ4v) is 4.08. The number of aliphatic hydroxyl groups is 1. The Morgan fingerprint density at radius 3 is 2.10 bits per heavy atom. The van der Waals surface area contributed by atoms with Crippen molar-refractivity contribution in [3.05, 3.63) is 29.8 Å². The van der Waals surface area contributed by atoms with Gasteiger partial charge < -0.3 is 10.4 Å². The molecule has 2 nitrogen and oxygen atoms in total. The smallest absolute Gasteiger partial charge is 0.0471 e. The molecule has 0 bridgehead atoms. The lowest BCUT2D eigenvalue weighted by Gasteiger charge is -2.45. The van der Waals surface area contributed by atoms with Gasteiger partial charge in [-0.3, -0.25) is 0 Å². The van der Waals surface area contributed by atoms with Gasteiger partial charge in [0.2, 0.25) is 0 Å². The molecular formula is C18H29NO. The number of hydrogen-bond donors (Lipinski definition) is 2. The van der Waals surface area contributed by atoms with Crippen LogP contribution in [0.1, 0.15) is 52.5 Å². The van der Waals surface area contributed by atoms with Crippen molar-refractivity contribution in [2.24, 2.45) is 10.8 Å². The van der Waals surface area contributed by atoms with Crippen LogP contribution >= 0.6 is 0 Å². The third-order valence-corrected chi connectivity index (χ3v) is 4.28. The fraction of sp³-hybridized carbons (Fsp3) is 0.667. The second kappa shape index (κ2) is 5.77. The molecule has 0 amide bonds. The summed E-state index contributed by atoms with van der Waals surface area (Å²) in [7, 11) is 0. The first-order chi connectivity index (χ1) is 9.30. The first kappa shape index (κ1) is 15.4. The van der Waals surface area contributed by atoms with E-state index in [9.17, 15) is 0 Å². The number of rotatable bonds is 4. The molecule has 1 aromatic rings. The fourth-order valence-electron chi connectivity index (χ4n) is 4.08. The maximum absolute atomic E-state index is 8.95. The largest absolute Gasteiger partial charge is 0.396 e. The minimum absolute atomic E-state index is 0.220. The van der Waals surface area contributed by atoms with E-state index in [1.54, 1.807) is 0 Å². The highest BCUT2D eigenvalue weighted by Crippen LogP contribution is 2.46. The molecule has 2 rings (SSSR count). The van der Waals surface area contributed by atoms with Crippen molar-refractivity contribution in [2.45, 2.75) is 59.4 Å². The average Bonchev–Trinajstić information content (AvgIpc) is 2.28. The van der Waals surface area contributed by atoms with E-state index in [0.29, 0.717) is 16.9 Å². The predicted molar refractivity (Wildman–Crippen MR) is 86.1 cm³/mol. The average molecular weight is 275 g/mol. The quantitative estimate of drug-likeness (QED) is 0.861. The topological polar surface area (TPSA) is 32.3 Å². The first-order valence-electron chi connectivity index (χ1n) is 7.76. The van der Waals surface area contributed by atoms with E-state index in [0.717, 1.165) is 6.42 Å². The van der Waals surface area contributed by atoms with Crippen LogP contribution < -0.4 is 5.32 Å². The van der Waals surface area contributed by atoms with Crippen LogP contribution in [0.5, 0.6) is 0 Å². The second-order valence-electron chi connectivity index (χ2n) is 7.93. The number of benzene rings is 1. The summed E-state index contributed by atoms with van der Waals surface area (Å²) in [5.74, 6) is 0. The van der Waals surface area contributed by atoms with Gasteiger partial charge in [0.1, 0.15) is 0 Å². The third kappa shape index (κ3) is 4.24. The van der Waals surface area contributed by atoms with E-state index in [2.05, 4.69) is 57.3 Å². The van der Waals surface area contributed by atoms with Gasteiger partial charge in [-0.15, -0.1) is 0 Å². The molecule has 0 aromatic heterocycles. The summed E-state index contributed by atoms with van der Waals surface area (Å²) in [5, 5.41) is 12.6. The van der Waals surface area contributed by atoms with E-state index in [1.165, 1.54) is 30.5 Å². The zero-order valence-corrected chi connectivity index (χ0v) is 13.4. The number of nitrogens with one attached hydrogen (secondary N) is 1. The molecule has 0 spiro atoms. The van der Waals surface area contributed by atoms with Crippen molar-refractivity contribution in [3.8, 4) is 0 Å². The summed E-state index contributed by atoms with van der Waals surface area (Å²) in [6.07, 6.45) is 4.50. The van der Waals surface area contributed by atoms with Crippen LogP contribution in [-0.2, 0) is 6.42 Å². The molecule has 20 heavy (non-hydrogen) atoms. The van der Waals surface area contributed by atoms with Crippen LogP contribution in [0.3, 0.4) is 0 Å². The Morgan fingerprint density at radius 2 is 1.60 bits per heavy atom. The number of anilines is 1. The number of aliphatic hydroxyl groups excluding tert-OH is 1. The van der Waals surface area contributed by atoms with Crippen molar-refractivity contribution >= 4 is 5.69 Å². The lowest BCUT2D eigenvalue weighted by Crippen LogP contribution is -2.40. The van der Waals surface area contributed by atoms with Gasteiger partial charge >= 0.3 is 0 Å². The molecule has 112 valence electrons. The Kier molecular flexibility index (Phi) is 4.43. The lowest BCUT2D eigenvalue weighted by atomic mass is 9.63. The standard InChI is InChI=1S/C18H29NO/c1-17(2)11-16(12-18(3,4)13-17)19-15-7-5-14(6-8-15)9-10-20/h5-8,16,19-20H,9-13H2,1-4H3. The van der Waals surface area contributed by atoms with Crippen LogP contribution in [-0.4, -0.2) is 17.8 Å². The van der Waals surface area contributed by atoms with Crippen molar-refractivity contribution in [1.29, 1.82) is 0 Å². The van der Waals surface area contributed by atoms with E-state index in [-0.39, 0.29) is 6.61 Å². The molecular weight excluding hydrogens is 246 g/mol. The molecule has 0 atom stereocenters. The normalized spacial score (nSPS) is 21.6. The Bertz CT molecular complexity index is 417. The van der Waals surface area contributed by atoms with Crippen LogP contribution in [0.25, 0.3) is 0 Å². The van der Waals surface area contributed by atoms with Crippen LogP contribution in [0.15, 0.2) is 24.3 Å². The molecule has 1 fully saturated rings. The van der Waals surface area contributed by atoms with Crippen LogP contribution in [0.2, 0.25) is 0 Å². The minimum atomic E-state index is 0.220. The number of hydrogen-bond acceptors (Lipinski definition) is 2. The summed E-state index contributed by atoms with van der Waals surface area (Å²) >= 11 is 0. The summed E-state index contributed by atoms with van der Waals surface area (Å²) in [5.41, 5.74) is 3.22. The Labute approximate surface area is 123 Å². The van der Waals surface area contributed by atoms with Gasteiger partial charge in [-0.2, -0.15) is 0 Å². The highest BCUT2D eigenvalue weighted by Gasteiger charge is 2.38. The van der Waals surface area contributed by atoms with E-state index in [4.69, 9.17) is 5.11 Å². The minimum Gasteiger partial charge on any atom is -0.396 e. The Hall–Kier alpha value is -1.02. The van der Waals surface area contributed by atoms with E-state index >= 15 is 0 Å². The molecule has 0 heterocycles. The monoisotopic (exact) mass is 275 g/mol. The Morgan fingerprint density at radius 1 is 1.05 bits per heavy atom. The highest BCUT2D eigenvalue weighted by molar-refractivity contribution is 5.45. The summed E-state index contributed by atoms with van der Waals surface area (Å²) in [4.78, 5) is 0. The van der Waals surface area contributed by atoms with Crippen molar-refractivity contribution in [1.82, 2.24) is 0 Å². The van der Waals surface area contributed by atoms with Gasteiger partial charge in [0.25, 0.3) is 0 Å². The van der Waals surface area contributed by atoms with Gasteiger partial charge in [-0.1, -0.05) is 39.8 Å². The van der Waals surface area contributed by atoms with Crippen molar-refractivity contribution < 1.29 is 5.11 Å². The Balaban J connectivity index is 2.01. The van der Waals surface area contributed by atoms with Gasteiger partial charge in [0.15, 0.2) is 0 Å². The molecule has 0 unspecified atom stereocenters. The maximum atomic E-state index is 8.95. The third-order valence-electron chi connectivity index (χ3n) is 4.28. The molecule has 0 saturated heterocycles. The second-order valence-corrected chi connectivity index (χ2v) is 7.93. The summed E-state index contributed by atoms with van der Waals surface area (Å²) < 4.78 is 0. The lowest BCUT2D eigenvalue weighted by molar-refractivity contribution is 0.105. The first-order valence-corrected chi connectivity index (χ1v) is 7.76. The summed E-state index contributed by atoms with van der Waals surface area (Å²) in [6, 6.07) is 9.05. The molecule has 0 aliphatic heterocycles. The van der Waals surface area contributed by atoms with E-state index in [1.807, 2.05) is 0 Å². The molecule has 1 aliphatic rings. The zero-order chi connectivity index (χ0) is 14.8. The van der Waals surface area contributed by atoms with Crippen LogP contribution in [0, 0.1) is 10.8 Å². The van der Waals surface area contributed by atoms with Gasteiger partial charge in [0, 0.05) is 18.3 Å². The van der Waals surface area contributed by atoms with Crippen molar-refractivity contribution in [2.75, 3.05) is 11.9 Å². The molecule has 1 aliphatic carbocycles. The SMILES string of the molecule is CC1(C)CC(Nc2ccc(CCO)cc2)CC(C)(C)C1. The van der Waals surface area contributed by atoms with Crippen molar-refractivity contribution in [3.63, 3.8) is 0 Å². The molecule has 0 radical (unpaired) electrons. The maximum Gasteiger partial charge on any atom is 0.0471 e. The molecule has 1 saturated carbocycles. The van der Waals surface area contributed by atoms with Gasteiger partial charge in [0.05, 0.1) is 0 Å². The molecule has 2 heteroatoms. The van der Waals surface area contributed by atoms with E-state index < -0.39 is 0 Å².